The van der Waals surface area contributed by atoms with Gasteiger partial charge in [-0.2, -0.15) is 0 Å². The summed E-state index contributed by atoms with van der Waals surface area (Å²) in [6.45, 7) is 0. The average Bonchev–Trinajstić information content (AvgIpc) is 1.30. The summed E-state index contributed by atoms with van der Waals surface area (Å²) in [6.07, 6.45) is 0. The van der Waals surface area contributed by atoms with Crippen LogP contribution >= 0.6 is 11.8 Å². The fraction of sp³-hybridized carbons (Fsp3) is 1.00. The summed E-state index contributed by atoms with van der Waals surface area (Å²) in [5.41, 5.74) is 3.82. The highest BCUT2D eigenvalue weighted by Gasteiger charge is 2.14. The van der Waals surface area contributed by atoms with Gasteiger partial charge in [0.2, 0.25) is 0 Å². The van der Waals surface area contributed by atoms with Crippen LogP contribution in [0.1, 0.15) is 0 Å². The van der Waals surface area contributed by atoms with Crippen molar-refractivity contribution in [2.24, 2.45) is 0 Å². The first-order valence-corrected chi connectivity index (χ1v) is 2.96. The van der Waals surface area contributed by atoms with Crippen LogP contribution in [0.2, 0.25) is 0 Å². The Hall–Kier alpha value is 0.310. The van der Waals surface area contributed by atoms with E-state index in [0.29, 0.717) is 0 Å². The molecule has 0 aromatic carbocycles. The zero-order chi connectivity index (χ0) is 3.70. The summed E-state index contributed by atoms with van der Waals surface area (Å²) in [5.74, 6) is 2.58. The molecule has 0 saturated carbocycles. The van der Waals surface area contributed by atoms with Crippen molar-refractivity contribution in [3.8, 4) is 0 Å². The van der Waals surface area contributed by atoms with E-state index in [-0.39, 0.29) is 0 Å². The third kappa shape index (κ3) is 0.578. The van der Waals surface area contributed by atoms with E-state index in [1.54, 1.807) is 0 Å². The third-order valence-corrected chi connectivity index (χ3v) is 2.12. The fourth-order valence-electron chi connectivity index (χ4n) is 0.285. The Bertz CT molecular complexity index is 33.9. The molecule has 5 heavy (non-hydrogen) atoms. The van der Waals surface area contributed by atoms with Gasteiger partial charge in [0, 0.05) is 11.5 Å². The summed E-state index contributed by atoms with van der Waals surface area (Å²) >= 11 is 1.98. The van der Waals surface area contributed by atoms with E-state index in [1.807, 2.05) is 11.8 Å². The normalized spacial score (nSPS) is 25.8. The molecule has 1 rings (SSSR count). The van der Waals surface area contributed by atoms with Crippen LogP contribution in [0.25, 0.3) is 0 Å². The number of rotatable bonds is 0. The molecular weight excluding hydrogens is 82.1 g/mol. The van der Waals surface area contributed by atoms with Crippen molar-refractivity contribution >= 4 is 11.8 Å². The van der Waals surface area contributed by atoms with Crippen molar-refractivity contribution in [3.63, 3.8) is 0 Å². The molecule has 0 bridgehead atoms. The summed E-state index contributed by atoms with van der Waals surface area (Å²) in [5, 5.41) is 0. The smallest absolute Gasteiger partial charge is 0.103 e. The van der Waals surface area contributed by atoms with Crippen LogP contribution in [0.3, 0.4) is 0 Å². The quantitative estimate of drug-likeness (QED) is 0.420. The molecule has 1 aliphatic rings. The maximum atomic E-state index is 3.82. The Morgan fingerprint density at radius 3 is 2.00 bits per heavy atom. The van der Waals surface area contributed by atoms with E-state index in [2.05, 4.69) is 5.73 Å². The molecule has 0 aromatic heterocycles. The van der Waals surface area contributed by atoms with Crippen LogP contribution in [0.5, 0.6) is 0 Å². The van der Waals surface area contributed by atoms with Gasteiger partial charge in [0.1, 0.15) is 6.04 Å². The minimum Gasteiger partial charge on any atom is -0.354 e. The van der Waals surface area contributed by atoms with Crippen molar-refractivity contribution in [2.75, 3.05) is 11.5 Å². The van der Waals surface area contributed by atoms with Crippen LogP contribution < -0.4 is 5.73 Å². The van der Waals surface area contributed by atoms with Crippen LogP contribution in [0, 0.1) is 0 Å². The molecule has 30 valence electrons. The zero-order valence-electron chi connectivity index (χ0n) is 3.11. The van der Waals surface area contributed by atoms with Gasteiger partial charge in [0.05, 0.1) is 0 Å². The van der Waals surface area contributed by atoms with Crippen LogP contribution in [-0.4, -0.2) is 17.5 Å². The molecule has 0 unspecified atom stereocenters. The van der Waals surface area contributed by atoms with E-state index in [9.17, 15) is 0 Å². The molecule has 0 radical (unpaired) electrons. The van der Waals surface area contributed by atoms with Gasteiger partial charge in [0.15, 0.2) is 0 Å². The minimum absolute atomic E-state index is 0.778. The average molecular weight is 90.2 g/mol. The van der Waals surface area contributed by atoms with Gasteiger partial charge in [-0.3, -0.25) is 0 Å². The summed E-state index contributed by atoms with van der Waals surface area (Å²) < 4.78 is 0. The molecule has 0 spiro atoms. The maximum absolute atomic E-state index is 3.82. The second kappa shape index (κ2) is 1.19. The molecule has 1 aliphatic heterocycles. The summed E-state index contributed by atoms with van der Waals surface area (Å²) in [6, 6.07) is 0.778. The number of hydrogen-bond donors (Lipinski definition) is 1. The monoisotopic (exact) mass is 90.0 g/mol. The van der Waals surface area contributed by atoms with E-state index < -0.39 is 0 Å². The van der Waals surface area contributed by atoms with Crippen molar-refractivity contribution < 1.29 is 5.73 Å². The lowest BCUT2D eigenvalue weighted by molar-refractivity contribution is -0.407. The highest BCUT2D eigenvalue weighted by Crippen LogP contribution is 2.12. The molecule has 1 heterocycles. The van der Waals surface area contributed by atoms with Crippen LogP contribution in [0.4, 0.5) is 0 Å². The lowest BCUT2D eigenvalue weighted by Gasteiger charge is -2.14. The van der Waals surface area contributed by atoms with Gasteiger partial charge in [0.25, 0.3) is 0 Å². The topological polar surface area (TPSA) is 27.6 Å². The predicted molar refractivity (Wildman–Crippen MR) is 24.0 cm³/mol. The Kier molecular flexibility index (Phi) is 0.830. The van der Waals surface area contributed by atoms with E-state index in [0.717, 1.165) is 6.04 Å². The van der Waals surface area contributed by atoms with Crippen molar-refractivity contribution in [1.29, 1.82) is 0 Å². The van der Waals surface area contributed by atoms with Crippen LogP contribution in [-0.2, 0) is 0 Å². The molecule has 1 fully saturated rings. The molecule has 0 aliphatic carbocycles. The van der Waals surface area contributed by atoms with Crippen LogP contribution in [0.15, 0.2) is 0 Å². The Morgan fingerprint density at radius 2 is 2.00 bits per heavy atom. The third-order valence-electron chi connectivity index (χ3n) is 0.707. The van der Waals surface area contributed by atoms with E-state index >= 15 is 0 Å². The van der Waals surface area contributed by atoms with Gasteiger partial charge >= 0.3 is 0 Å². The highest BCUT2D eigenvalue weighted by atomic mass is 32.2. The lowest BCUT2D eigenvalue weighted by atomic mass is 10.4. The van der Waals surface area contributed by atoms with Gasteiger partial charge in [-0.05, 0) is 0 Å². The molecule has 1 saturated heterocycles. The van der Waals surface area contributed by atoms with Crippen molar-refractivity contribution in [3.05, 3.63) is 0 Å². The van der Waals surface area contributed by atoms with E-state index in [1.165, 1.54) is 11.5 Å². The maximum Gasteiger partial charge on any atom is 0.103 e. The molecule has 3 N–H and O–H groups in total. The fourth-order valence-corrected chi connectivity index (χ4v) is 0.854. The molecular formula is C3H8NS+. The predicted octanol–water partition coefficient (Wildman–Crippen LogP) is -0.656. The van der Waals surface area contributed by atoms with Crippen molar-refractivity contribution in [2.45, 2.75) is 6.04 Å². The van der Waals surface area contributed by atoms with Gasteiger partial charge in [-0.25, -0.2) is 0 Å². The molecule has 0 atom stereocenters. The first-order chi connectivity index (χ1) is 2.39. The minimum atomic E-state index is 0.778. The number of thioether (sulfide) groups is 1. The van der Waals surface area contributed by atoms with Crippen molar-refractivity contribution in [1.82, 2.24) is 0 Å². The standard InChI is InChI=1S/C3H7NS/c4-3-1-5-2-3/h3H,1-2,4H2/p+1. The number of hydrogen-bond acceptors (Lipinski definition) is 1. The Balaban J connectivity index is 2.08. The van der Waals surface area contributed by atoms with Gasteiger partial charge in [-0.15, -0.1) is 11.8 Å². The molecule has 2 heteroatoms. The first-order valence-electron chi connectivity index (χ1n) is 1.80. The second-order valence-corrected chi connectivity index (χ2v) is 2.48. The molecule has 0 aromatic rings. The molecule has 0 amide bonds. The van der Waals surface area contributed by atoms with Gasteiger partial charge in [-0.1, -0.05) is 0 Å². The lowest BCUT2D eigenvalue weighted by Crippen LogP contribution is -2.67. The SMILES string of the molecule is [NH3+]C1CSC1. The largest absolute Gasteiger partial charge is 0.354 e. The molecule has 1 nitrogen and oxygen atoms in total. The first kappa shape index (κ1) is 3.50. The second-order valence-electron chi connectivity index (χ2n) is 1.40. The highest BCUT2D eigenvalue weighted by molar-refractivity contribution is 8.00. The van der Waals surface area contributed by atoms with Gasteiger partial charge < -0.3 is 5.73 Å². The zero-order valence-corrected chi connectivity index (χ0v) is 3.92. The van der Waals surface area contributed by atoms with E-state index in [4.69, 9.17) is 0 Å². The Morgan fingerprint density at radius 1 is 1.60 bits per heavy atom. The summed E-state index contributed by atoms with van der Waals surface area (Å²) in [4.78, 5) is 0. The number of quaternary nitrogens is 1. The summed E-state index contributed by atoms with van der Waals surface area (Å²) in [7, 11) is 0. The Labute approximate surface area is 35.9 Å².